The Balaban J connectivity index is 2.06. The summed E-state index contributed by atoms with van der Waals surface area (Å²) in [5.41, 5.74) is 2.77. The van der Waals surface area contributed by atoms with Crippen LogP contribution >= 0.6 is 0 Å². The highest BCUT2D eigenvalue weighted by atomic mass is 16.5. The zero-order chi connectivity index (χ0) is 11.4. The molecule has 2 atom stereocenters. The van der Waals surface area contributed by atoms with Crippen LogP contribution in [0.5, 0.6) is 0 Å². The van der Waals surface area contributed by atoms with Crippen LogP contribution in [-0.2, 0) is 4.74 Å². The Hall–Kier alpha value is -0.860. The summed E-state index contributed by atoms with van der Waals surface area (Å²) in [6.07, 6.45) is 1.20. The molecule has 2 nitrogen and oxygen atoms in total. The Morgan fingerprint density at radius 1 is 1.38 bits per heavy atom. The molecule has 1 saturated heterocycles. The second kappa shape index (κ2) is 5.46. The largest absolute Gasteiger partial charge is 0.378 e. The van der Waals surface area contributed by atoms with Crippen LogP contribution in [0, 0.1) is 0 Å². The Morgan fingerprint density at radius 2 is 2.12 bits per heavy atom. The first-order valence-corrected chi connectivity index (χ1v) is 6.22. The van der Waals surface area contributed by atoms with Crippen molar-refractivity contribution in [3.8, 4) is 0 Å². The van der Waals surface area contributed by atoms with Crippen molar-refractivity contribution in [3.05, 3.63) is 35.4 Å². The fourth-order valence-corrected chi connectivity index (χ4v) is 2.07. The van der Waals surface area contributed by atoms with Crippen molar-refractivity contribution in [1.29, 1.82) is 0 Å². The number of benzene rings is 1. The van der Waals surface area contributed by atoms with Gasteiger partial charge in [-0.2, -0.15) is 0 Å². The maximum Gasteiger partial charge on any atom is 0.0662 e. The summed E-state index contributed by atoms with van der Waals surface area (Å²) in [5.74, 6) is 0.657. The van der Waals surface area contributed by atoms with Gasteiger partial charge >= 0.3 is 0 Å². The van der Waals surface area contributed by atoms with Gasteiger partial charge < -0.3 is 10.1 Å². The molecule has 0 bridgehead atoms. The van der Waals surface area contributed by atoms with Crippen LogP contribution in [0.3, 0.4) is 0 Å². The molecule has 1 aliphatic rings. The van der Waals surface area contributed by atoms with Crippen LogP contribution in [0.25, 0.3) is 0 Å². The Morgan fingerprint density at radius 3 is 2.69 bits per heavy atom. The lowest BCUT2D eigenvalue weighted by Crippen LogP contribution is -2.34. The molecule has 2 heteroatoms. The summed E-state index contributed by atoms with van der Waals surface area (Å²) in [6, 6.07) is 9.33. The van der Waals surface area contributed by atoms with Gasteiger partial charge in [0.05, 0.1) is 19.3 Å². The number of hydrogen-bond donors (Lipinski definition) is 1. The van der Waals surface area contributed by atoms with Crippen molar-refractivity contribution in [2.45, 2.75) is 32.2 Å². The Bertz CT molecular complexity index is 314. The third kappa shape index (κ3) is 2.63. The van der Waals surface area contributed by atoms with E-state index in [1.807, 2.05) is 0 Å². The highest BCUT2D eigenvalue weighted by Crippen LogP contribution is 2.22. The average molecular weight is 219 g/mol. The minimum atomic E-state index is 0.375. The average Bonchev–Trinajstić information content (AvgIpc) is 2.39. The van der Waals surface area contributed by atoms with E-state index in [0.29, 0.717) is 12.0 Å². The molecule has 1 aromatic rings. The van der Waals surface area contributed by atoms with Crippen molar-refractivity contribution >= 4 is 0 Å². The molecule has 0 amide bonds. The summed E-state index contributed by atoms with van der Waals surface area (Å²) in [5, 5.41) is 3.47. The standard InChI is InChI=1S/C14H21NO/c1-3-11(2)12-4-6-13(7-5-12)14-10-16-9-8-15-14/h4-7,11,14-15H,3,8-10H2,1-2H3. The molecule has 0 spiro atoms. The van der Waals surface area contributed by atoms with Gasteiger partial charge in [0.2, 0.25) is 0 Å². The second-order valence-corrected chi connectivity index (χ2v) is 4.56. The molecule has 2 unspecified atom stereocenters. The zero-order valence-corrected chi connectivity index (χ0v) is 10.2. The molecule has 0 saturated carbocycles. The van der Waals surface area contributed by atoms with Gasteiger partial charge in [0.15, 0.2) is 0 Å². The fraction of sp³-hybridized carbons (Fsp3) is 0.571. The summed E-state index contributed by atoms with van der Waals surface area (Å²) in [7, 11) is 0. The monoisotopic (exact) mass is 219 g/mol. The summed E-state index contributed by atoms with van der Waals surface area (Å²) in [4.78, 5) is 0. The maximum atomic E-state index is 5.47. The molecule has 1 aliphatic heterocycles. The molecule has 0 aromatic heterocycles. The van der Waals surface area contributed by atoms with Crippen LogP contribution in [0.2, 0.25) is 0 Å². The van der Waals surface area contributed by atoms with Crippen LogP contribution in [0.15, 0.2) is 24.3 Å². The first-order chi connectivity index (χ1) is 7.81. The van der Waals surface area contributed by atoms with Gasteiger partial charge in [0, 0.05) is 6.54 Å². The molecule has 1 fully saturated rings. The Labute approximate surface area is 98.0 Å². The van der Waals surface area contributed by atoms with E-state index in [2.05, 4.69) is 43.4 Å². The predicted molar refractivity (Wildman–Crippen MR) is 66.7 cm³/mol. The van der Waals surface area contributed by atoms with Crippen molar-refractivity contribution in [2.75, 3.05) is 19.8 Å². The van der Waals surface area contributed by atoms with Crippen LogP contribution in [0.1, 0.15) is 43.4 Å². The van der Waals surface area contributed by atoms with E-state index >= 15 is 0 Å². The summed E-state index contributed by atoms with van der Waals surface area (Å²) in [6.45, 7) is 7.09. The van der Waals surface area contributed by atoms with Crippen LogP contribution in [-0.4, -0.2) is 19.8 Å². The molecule has 88 valence electrons. The van der Waals surface area contributed by atoms with Gasteiger partial charge in [0.25, 0.3) is 0 Å². The molecule has 2 rings (SSSR count). The zero-order valence-electron chi connectivity index (χ0n) is 10.2. The van der Waals surface area contributed by atoms with Crippen LogP contribution in [0.4, 0.5) is 0 Å². The van der Waals surface area contributed by atoms with Gasteiger partial charge in [0.1, 0.15) is 0 Å². The van der Waals surface area contributed by atoms with Crippen molar-refractivity contribution in [2.24, 2.45) is 0 Å². The summed E-state index contributed by atoms with van der Waals surface area (Å²) >= 11 is 0. The molecular weight excluding hydrogens is 198 g/mol. The number of hydrogen-bond acceptors (Lipinski definition) is 2. The van der Waals surface area contributed by atoms with Crippen molar-refractivity contribution in [3.63, 3.8) is 0 Å². The van der Waals surface area contributed by atoms with Crippen molar-refractivity contribution in [1.82, 2.24) is 5.32 Å². The molecule has 1 N–H and O–H groups in total. The van der Waals surface area contributed by atoms with Gasteiger partial charge in [-0.3, -0.25) is 0 Å². The first-order valence-electron chi connectivity index (χ1n) is 6.22. The minimum Gasteiger partial charge on any atom is -0.378 e. The molecule has 16 heavy (non-hydrogen) atoms. The van der Waals surface area contributed by atoms with E-state index in [0.717, 1.165) is 19.8 Å². The third-order valence-corrected chi connectivity index (χ3v) is 3.44. The number of nitrogens with one attached hydrogen (secondary N) is 1. The SMILES string of the molecule is CCC(C)c1ccc(C2COCCN2)cc1. The van der Waals surface area contributed by atoms with E-state index in [1.54, 1.807) is 0 Å². The van der Waals surface area contributed by atoms with Gasteiger partial charge in [-0.25, -0.2) is 0 Å². The smallest absolute Gasteiger partial charge is 0.0662 e. The van der Waals surface area contributed by atoms with E-state index in [-0.39, 0.29) is 0 Å². The fourth-order valence-electron chi connectivity index (χ4n) is 2.07. The predicted octanol–water partition coefficient (Wildman–Crippen LogP) is 2.86. The van der Waals surface area contributed by atoms with Crippen LogP contribution < -0.4 is 5.32 Å². The van der Waals surface area contributed by atoms with E-state index in [4.69, 9.17) is 4.74 Å². The molecule has 1 heterocycles. The normalized spacial score (nSPS) is 23.0. The third-order valence-electron chi connectivity index (χ3n) is 3.44. The molecular formula is C14H21NO. The van der Waals surface area contributed by atoms with E-state index in [9.17, 15) is 0 Å². The summed E-state index contributed by atoms with van der Waals surface area (Å²) < 4.78 is 5.47. The van der Waals surface area contributed by atoms with Crippen molar-refractivity contribution < 1.29 is 4.74 Å². The maximum absolute atomic E-state index is 5.47. The minimum absolute atomic E-state index is 0.375. The quantitative estimate of drug-likeness (QED) is 0.844. The lowest BCUT2D eigenvalue weighted by atomic mass is 9.96. The first kappa shape index (κ1) is 11.6. The second-order valence-electron chi connectivity index (χ2n) is 4.56. The van der Waals surface area contributed by atoms with Gasteiger partial charge in [-0.15, -0.1) is 0 Å². The number of ether oxygens (including phenoxy) is 1. The topological polar surface area (TPSA) is 21.3 Å². The van der Waals surface area contributed by atoms with Gasteiger partial charge in [-0.05, 0) is 23.5 Å². The molecule has 0 radical (unpaired) electrons. The lowest BCUT2D eigenvalue weighted by Gasteiger charge is -2.24. The molecule has 1 aromatic carbocycles. The lowest BCUT2D eigenvalue weighted by molar-refractivity contribution is 0.0769. The highest BCUT2D eigenvalue weighted by Gasteiger charge is 2.15. The Kier molecular flexibility index (Phi) is 3.97. The van der Waals surface area contributed by atoms with E-state index < -0.39 is 0 Å². The molecule has 0 aliphatic carbocycles. The highest BCUT2D eigenvalue weighted by molar-refractivity contribution is 5.27. The number of morpholine rings is 1. The van der Waals surface area contributed by atoms with Gasteiger partial charge in [-0.1, -0.05) is 38.1 Å². The number of rotatable bonds is 3. The van der Waals surface area contributed by atoms with E-state index in [1.165, 1.54) is 17.5 Å².